The molecule has 0 saturated heterocycles. The van der Waals surface area contributed by atoms with Gasteiger partial charge in [-0.2, -0.15) is 0 Å². The van der Waals surface area contributed by atoms with Crippen molar-refractivity contribution >= 4 is 17.3 Å². The zero-order chi connectivity index (χ0) is 15.5. The molecule has 4 nitrogen and oxygen atoms in total. The summed E-state index contributed by atoms with van der Waals surface area (Å²) in [6, 6.07) is 5.95. The lowest BCUT2D eigenvalue weighted by Crippen LogP contribution is -2.30. The van der Waals surface area contributed by atoms with Gasteiger partial charge in [-0.3, -0.25) is 0 Å². The second kappa shape index (κ2) is 10.9. The Morgan fingerprint density at radius 3 is 2.81 bits per heavy atom. The number of hydrogen-bond donors (Lipinski definition) is 2. The zero-order valence-electron chi connectivity index (χ0n) is 13.1. The number of benzene rings is 1. The second-order valence-corrected chi connectivity index (χ2v) is 5.38. The molecule has 0 heterocycles. The van der Waals surface area contributed by atoms with Crippen molar-refractivity contribution in [1.82, 2.24) is 5.32 Å². The molecule has 0 fully saturated rings. The van der Waals surface area contributed by atoms with Gasteiger partial charge in [0.2, 0.25) is 0 Å². The van der Waals surface area contributed by atoms with Crippen molar-refractivity contribution in [3.63, 3.8) is 0 Å². The molecular formula is C16H27ClN2O2. The van der Waals surface area contributed by atoms with Crippen molar-refractivity contribution in [1.29, 1.82) is 0 Å². The molecule has 1 aromatic rings. The highest BCUT2D eigenvalue weighted by Crippen LogP contribution is 2.27. The Balaban J connectivity index is 2.84. The van der Waals surface area contributed by atoms with E-state index in [1.165, 1.54) is 0 Å². The lowest BCUT2D eigenvalue weighted by Gasteiger charge is -2.27. The summed E-state index contributed by atoms with van der Waals surface area (Å²) in [5, 5.41) is 13.4. The summed E-state index contributed by atoms with van der Waals surface area (Å²) in [5.74, 6) is 0. The molecule has 21 heavy (non-hydrogen) atoms. The Bertz CT molecular complexity index is 402. The van der Waals surface area contributed by atoms with Crippen LogP contribution in [0.15, 0.2) is 18.2 Å². The molecule has 120 valence electrons. The van der Waals surface area contributed by atoms with Crippen LogP contribution in [0.2, 0.25) is 5.02 Å². The van der Waals surface area contributed by atoms with Crippen molar-refractivity contribution < 1.29 is 9.84 Å². The number of aliphatic hydroxyl groups excluding tert-OH is 1. The fraction of sp³-hybridized carbons (Fsp3) is 0.625. The highest BCUT2D eigenvalue weighted by molar-refractivity contribution is 6.31. The molecule has 0 bridgehead atoms. The first-order valence-corrected chi connectivity index (χ1v) is 7.95. The van der Waals surface area contributed by atoms with E-state index in [9.17, 15) is 5.11 Å². The summed E-state index contributed by atoms with van der Waals surface area (Å²) in [6.07, 6.45) is 2.23. The van der Waals surface area contributed by atoms with E-state index >= 15 is 0 Å². The van der Waals surface area contributed by atoms with Crippen molar-refractivity contribution in [3.8, 4) is 0 Å². The van der Waals surface area contributed by atoms with Crippen molar-refractivity contribution in [2.24, 2.45) is 0 Å². The van der Waals surface area contributed by atoms with E-state index < -0.39 is 0 Å². The van der Waals surface area contributed by atoms with Gasteiger partial charge in [-0.15, -0.1) is 0 Å². The van der Waals surface area contributed by atoms with Gasteiger partial charge in [-0.05, 0) is 18.6 Å². The number of unbranched alkanes of at least 4 members (excludes halogenated alkanes) is 1. The Kier molecular flexibility index (Phi) is 9.42. The van der Waals surface area contributed by atoms with Gasteiger partial charge in [0.15, 0.2) is 0 Å². The minimum absolute atomic E-state index is 0.146. The summed E-state index contributed by atoms with van der Waals surface area (Å²) in [6.45, 7) is 6.04. The molecule has 0 atom stereocenters. The van der Waals surface area contributed by atoms with Crippen molar-refractivity contribution in [2.75, 3.05) is 44.9 Å². The molecule has 1 rings (SSSR count). The lowest BCUT2D eigenvalue weighted by atomic mass is 10.1. The van der Waals surface area contributed by atoms with Gasteiger partial charge >= 0.3 is 0 Å². The third-order valence-electron chi connectivity index (χ3n) is 3.37. The van der Waals surface area contributed by atoms with Gasteiger partial charge in [0.25, 0.3) is 0 Å². The molecule has 0 saturated carbocycles. The first-order valence-electron chi connectivity index (χ1n) is 7.57. The van der Waals surface area contributed by atoms with E-state index in [0.717, 1.165) is 42.2 Å². The van der Waals surface area contributed by atoms with E-state index in [0.29, 0.717) is 19.7 Å². The molecule has 0 aliphatic carbocycles. The number of nitrogens with one attached hydrogen (secondary N) is 1. The number of anilines is 1. The van der Waals surface area contributed by atoms with E-state index in [2.05, 4.69) is 23.2 Å². The average Bonchev–Trinajstić information content (AvgIpc) is 2.49. The third-order valence-corrected chi connectivity index (χ3v) is 3.73. The summed E-state index contributed by atoms with van der Waals surface area (Å²) in [5.41, 5.74) is 2.19. The molecule has 5 heteroatoms. The molecular weight excluding hydrogens is 288 g/mol. The van der Waals surface area contributed by atoms with Gasteiger partial charge in [0.05, 0.1) is 13.2 Å². The standard InChI is InChI=1S/C16H27ClN2O2/c1-3-4-9-19(10-11-20)16-7-5-6-15(17)14(16)13-18-8-12-21-2/h5-7,18,20H,3-4,8-13H2,1-2H3. The quantitative estimate of drug-likeness (QED) is 0.616. The summed E-state index contributed by atoms with van der Waals surface area (Å²) >= 11 is 6.36. The number of methoxy groups -OCH3 is 1. The predicted molar refractivity (Wildman–Crippen MR) is 89.2 cm³/mol. The van der Waals surface area contributed by atoms with Gasteiger partial charge in [0.1, 0.15) is 0 Å². The number of rotatable bonds is 11. The van der Waals surface area contributed by atoms with Gasteiger partial charge in [-0.25, -0.2) is 0 Å². The van der Waals surface area contributed by atoms with Crippen LogP contribution in [0.1, 0.15) is 25.3 Å². The molecule has 0 unspecified atom stereocenters. The SMILES string of the molecule is CCCCN(CCO)c1cccc(Cl)c1CNCCOC. The van der Waals surface area contributed by atoms with Crippen LogP contribution >= 0.6 is 11.6 Å². The van der Waals surface area contributed by atoms with Crippen LogP contribution in [-0.4, -0.2) is 45.1 Å². The smallest absolute Gasteiger partial charge is 0.0606 e. The summed E-state index contributed by atoms with van der Waals surface area (Å²) in [4.78, 5) is 2.21. The number of nitrogens with zero attached hydrogens (tertiary/aromatic N) is 1. The molecule has 0 aliphatic heterocycles. The maximum absolute atomic E-state index is 9.30. The normalized spacial score (nSPS) is 10.9. The Labute approximate surface area is 133 Å². The predicted octanol–water partition coefficient (Wildman–Crippen LogP) is 2.67. The molecule has 0 radical (unpaired) electrons. The summed E-state index contributed by atoms with van der Waals surface area (Å²) in [7, 11) is 1.69. The van der Waals surface area contributed by atoms with E-state index in [1.54, 1.807) is 7.11 Å². The van der Waals surface area contributed by atoms with Crippen LogP contribution in [0.3, 0.4) is 0 Å². The molecule has 1 aromatic carbocycles. The maximum atomic E-state index is 9.30. The second-order valence-electron chi connectivity index (χ2n) is 4.97. The minimum atomic E-state index is 0.146. The Morgan fingerprint density at radius 1 is 1.33 bits per heavy atom. The first-order chi connectivity index (χ1) is 10.2. The van der Waals surface area contributed by atoms with Crippen molar-refractivity contribution in [2.45, 2.75) is 26.3 Å². The highest BCUT2D eigenvalue weighted by Gasteiger charge is 2.13. The molecule has 0 spiro atoms. The topological polar surface area (TPSA) is 44.7 Å². The molecule has 0 amide bonds. The number of hydrogen-bond acceptors (Lipinski definition) is 4. The summed E-state index contributed by atoms with van der Waals surface area (Å²) < 4.78 is 5.04. The monoisotopic (exact) mass is 314 g/mol. The van der Waals surface area contributed by atoms with Crippen LogP contribution < -0.4 is 10.2 Å². The van der Waals surface area contributed by atoms with Crippen LogP contribution in [0.5, 0.6) is 0 Å². The zero-order valence-corrected chi connectivity index (χ0v) is 13.8. The van der Waals surface area contributed by atoms with E-state index in [-0.39, 0.29) is 6.61 Å². The van der Waals surface area contributed by atoms with Crippen LogP contribution in [0.25, 0.3) is 0 Å². The van der Waals surface area contributed by atoms with Gasteiger partial charge in [-0.1, -0.05) is 31.0 Å². The van der Waals surface area contributed by atoms with Crippen molar-refractivity contribution in [3.05, 3.63) is 28.8 Å². The van der Waals surface area contributed by atoms with E-state index in [1.807, 2.05) is 12.1 Å². The third kappa shape index (κ3) is 6.22. The molecule has 0 aromatic heterocycles. The largest absolute Gasteiger partial charge is 0.395 e. The Hall–Kier alpha value is -0.810. The van der Waals surface area contributed by atoms with Crippen LogP contribution in [-0.2, 0) is 11.3 Å². The van der Waals surface area contributed by atoms with Gasteiger partial charge < -0.3 is 20.1 Å². The van der Waals surface area contributed by atoms with E-state index in [4.69, 9.17) is 16.3 Å². The fourth-order valence-corrected chi connectivity index (χ4v) is 2.46. The van der Waals surface area contributed by atoms with Crippen LogP contribution in [0.4, 0.5) is 5.69 Å². The first kappa shape index (κ1) is 18.2. The minimum Gasteiger partial charge on any atom is -0.395 e. The van der Waals surface area contributed by atoms with Gasteiger partial charge in [0, 0.05) is 49.6 Å². The number of halogens is 1. The molecule has 2 N–H and O–H groups in total. The van der Waals surface area contributed by atoms with Crippen LogP contribution in [0, 0.1) is 0 Å². The fourth-order valence-electron chi connectivity index (χ4n) is 2.23. The highest BCUT2D eigenvalue weighted by atomic mass is 35.5. The maximum Gasteiger partial charge on any atom is 0.0606 e. The Morgan fingerprint density at radius 2 is 2.14 bits per heavy atom. The number of ether oxygens (including phenoxy) is 1. The average molecular weight is 315 g/mol. The lowest BCUT2D eigenvalue weighted by molar-refractivity contribution is 0.199. The molecule has 0 aliphatic rings. The number of aliphatic hydroxyl groups is 1.